The number of nitrogens with zero attached hydrogens (tertiary/aromatic N) is 5. The quantitative estimate of drug-likeness (QED) is 0.559. The lowest BCUT2D eigenvalue weighted by Crippen LogP contribution is -2.35. The van der Waals surface area contributed by atoms with Crippen LogP contribution in [0.4, 0.5) is 11.4 Å². The van der Waals surface area contributed by atoms with Crippen LogP contribution in [0.3, 0.4) is 0 Å². The summed E-state index contributed by atoms with van der Waals surface area (Å²) in [5.41, 5.74) is 2.53. The molecular formula is C19H21N7O4S. The minimum atomic E-state index is -3.89. The number of aryl methyl sites for hydroxylation is 1. The Morgan fingerprint density at radius 3 is 2.35 bits per heavy atom. The summed E-state index contributed by atoms with van der Waals surface area (Å²) in [4.78, 5) is 23.5. The van der Waals surface area contributed by atoms with E-state index < -0.39 is 15.9 Å². The normalized spacial score (nSPS) is 11.4. The van der Waals surface area contributed by atoms with Crippen molar-refractivity contribution in [1.82, 2.24) is 24.5 Å². The van der Waals surface area contributed by atoms with Gasteiger partial charge in [0.25, 0.3) is 0 Å². The number of rotatable bonds is 7. The van der Waals surface area contributed by atoms with Crippen LogP contribution in [0.2, 0.25) is 0 Å². The standard InChI is InChI=1S/C19H21N7O4S/c1-13-4-5-16(10-18(13)26-12-20-23-24-26)22-19(28)11-25(3)31(29,30)17-8-6-15(7-9-17)21-14(2)27/h4-10,12H,11H2,1-3H3,(H,21,27)(H,22,28). The van der Waals surface area contributed by atoms with Crippen molar-refractivity contribution in [3.63, 3.8) is 0 Å². The van der Waals surface area contributed by atoms with Gasteiger partial charge in [-0.1, -0.05) is 6.07 Å². The number of anilines is 2. The number of tetrazole rings is 1. The van der Waals surface area contributed by atoms with Gasteiger partial charge in [0, 0.05) is 25.3 Å². The van der Waals surface area contributed by atoms with Gasteiger partial charge >= 0.3 is 0 Å². The topological polar surface area (TPSA) is 139 Å². The summed E-state index contributed by atoms with van der Waals surface area (Å²) in [6, 6.07) is 10.9. The summed E-state index contributed by atoms with van der Waals surface area (Å²) in [6.07, 6.45) is 1.44. The fourth-order valence-corrected chi connectivity index (χ4v) is 3.91. The maximum atomic E-state index is 12.7. The third kappa shape index (κ3) is 5.29. The summed E-state index contributed by atoms with van der Waals surface area (Å²) < 4.78 is 27.9. The van der Waals surface area contributed by atoms with Crippen LogP contribution in [-0.4, -0.2) is 58.3 Å². The maximum absolute atomic E-state index is 12.7. The Morgan fingerprint density at radius 1 is 1.06 bits per heavy atom. The molecule has 1 heterocycles. The smallest absolute Gasteiger partial charge is 0.243 e. The van der Waals surface area contributed by atoms with E-state index in [1.807, 2.05) is 6.92 Å². The molecule has 11 nitrogen and oxygen atoms in total. The predicted octanol–water partition coefficient (Wildman–Crippen LogP) is 1.19. The van der Waals surface area contributed by atoms with E-state index in [-0.39, 0.29) is 17.3 Å². The highest BCUT2D eigenvalue weighted by atomic mass is 32.2. The first-order valence-corrected chi connectivity index (χ1v) is 10.6. The molecule has 2 N–H and O–H groups in total. The molecule has 3 rings (SSSR count). The summed E-state index contributed by atoms with van der Waals surface area (Å²) >= 11 is 0. The van der Waals surface area contributed by atoms with Crippen molar-refractivity contribution >= 4 is 33.2 Å². The highest BCUT2D eigenvalue weighted by molar-refractivity contribution is 7.89. The molecule has 0 radical (unpaired) electrons. The van der Waals surface area contributed by atoms with Gasteiger partial charge in [0.1, 0.15) is 6.33 Å². The highest BCUT2D eigenvalue weighted by Gasteiger charge is 2.23. The molecule has 0 aliphatic heterocycles. The zero-order valence-electron chi connectivity index (χ0n) is 17.1. The molecule has 0 unspecified atom stereocenters. The van der Waals surface area contributed by atoms with Crippen molar-refractivity contribution in [1.29, 1.82) is 0 Å². The van der Waals surface area contributed by atoms with Crippen molar-refractivity contribution in [3.05, 3.63) is 54.4 Å². The zero-order valence-corrected chi connectivity index (χ0v) is 17.9. The first-order valence-electron chi connectivity index (χ1n) is 9.14. The van der Waals surface area contributed by atoms with Gasteiger partial charge in [-0.05, 0) is 59.3 Å². The van der Waals surface area contributed by atoms with Crippen LogP contribution in [0.25, 0.3) is 5.69 Å². The summed E-state index contributed by atoms with van der Waals surface area (Å²) in [7, 11) is -2.57. The third-order valence-corrected chi connectivity index (χ3v) is 6.16. The Balaban J connectivity index is 1.69. The number of sulfonamides is 1. The van der Waals surface area contributed by atoms with Gasteiger partial charge < -0.3 is 10.6 Å². The number of benzene rings is 2. The Labute approximate surface area is 179 Å². The Kier molecular flexibility index (Phi) is 6.42. The van der Waals surface area contributed by atoms with Crippen LogP contribution in [0, 0.1) is 6.92 Å². The maximum Gasteiger partial charge on any atom is 0.243 e. The molecule has 31 heavy (non-hydrogen) atoms. The molecule has 162 valence electrons. The zero-order chi connectivity index (χ0) is 22.6. The minimum Gasteiger partial charge on any atom is -0.326 e. The number of amides is 2. The fourth-order valence-electron chi connectivity index (χ4n) is 2.79. The van der Waals surface area contributed by atoms with Crippen molar-refractivity contribution in [2.75, 3.05) is 24.2 Å². The molecule has 2 amide bonds. The van der Waals surface area contributed by atoms with Gasteiger partial charge in [-0.25, -0.2) is 13.1 Å². The molecule has 3 aromatic rings. The lowest BCUT2D eigenvalue weighted by Gasteiger charge is -2.17. The number of carbonyl (C=O) groups excluding carboxylic acids is 2. The fraction of sp³-hybridized carbons (Fsp3) is 0.211. The third-order valence-electron chi connectivity index (χ3n) is 4.34. The second-order valence-electron chi connectivity index (χ2n) is 6.77. The molecule has 2 aromatic carbocycles. The van der Waals surface area contributed by atoms with Crippen LogP contribution in [0.1, 0.15) is 12.5 Å². The number of hydrogen-bond donors (Lipinski definition) is 2. The highest BCUT2D eigenvalue weighted by Crippen LogP contribution is 2.20. The van der Waals surface area contributed by atoms with E-state index in [9.17, 15) is 18.0 Å². The molecule has 0 fully saturated rings. The molecule has 0 atom stereocenters. The number of nitrogens with one attached hydrogen (secondary N) is 2. The van der Waals surface area contributed by atoms with Crippen molar-refractivity contribution in [2.24, 2.45) is 0 Å². The van der Waals surface area contributed by atoms with Gasteiger partial charge in [-0.3, -0.25) is 9.59 Å². The van der Waals surface area contributed by atoms with E-state index >= 15 is 0 Å². The second-order valence-corrected chi connectivity index (χ2v) is 8.82. The number of carbonyl (C=O) groups is 2. The van der Waals surface area contributed by atoms with Crippen molar-refractivity contribution < 1.29 is 18.0 Å². The van der Waals surface area contributed by atoms with E-state index in [4.69, 9.17) is 0 Å². The molecule has 0 saturated carbocycles. The van der Waals surface area contributed by atoms with E-state index in [1.165, 1.54) is 49.2 Å². The van der Waals surface area contributed by atoms with Gasteiger partial charge in [0.15, 0.2) is 0 Å². The van der Waals surface area contributed by atoms with Gasteiger partial charge in [0.2, 0.25) is 21.8 Å². The van der Waals surface area contributed by atoms with Gasteiger partial charge in [-0.2, -0.15) is 4.31 Å². The van der Waals surface area contributed by atoms with E-state index in [0.29, 0.717) is 17.1 Å². The number of likely N-dealkylation sites (N-methyl/N-ethyl adjacent to an activating group) is 1. The van der Waals surface area contributed by atoms with Crippen LogP contribution in [0.5, 0.6) is 0 Å². The molecule has 0 aliphatic carbocycles. The molecule has 0 bridgehead atoms. The van der Waals surface area contributed by atoms with E-state index in [2.05, 4.69) is 26.2 Å². The SMILES string of the molecule is CC(=O)Nc1ccc(S(=O)(=O)N(C)CC(=O)Nc2ccc(C)c(-n3cnnn3)c2)cc1. The second kappa shape index (κ2) is 9.02. The summed E-state index contributed by atoms with van der Waals surface area (Å²) in [5.74, 6) is -0.767. The van der Waals surface area contributed by atoms with E-state index in [0.717, 1.165) is 9.87 Å². The molecule has 0 spiro atoms. The average Bonchev–Trinajstić information content (AvgIpc) is 3.24. The Hall–Kier alpha value is -3.64. The predicted molar refractivity (Wildman–Crippen MR) is 113 cm³/mol. The van der Waals surface area contributed by atoms with Crippen LogP contribution >= 0.6 is 0 Å². The lowest BCUT2D eigenvalue weighted by atomic mass is 10.2. The molecule has 0 aliphatic rings. The molecule has 1 aromatic heterocycles. The Morgan fingerprint density at radius 2 is 1.74 bits per heavy atom. The summed E-state index contributed by atoms with van der Waals surface area (Å²) in [6.45, 7) is 2.85. The molecule has 0 saturated heterocycles. The minimum absolute atomic E-state index is 0.00760. The number of aromatic nitrogens is 4. The number of hydrogen-bond acceptors (Lipinski definition) is 7. The first-order chi connectivity index (χ1) is 14.7. The van der Waals surface area contributed by atoms with Gasteiger partial charge in [0.05, 0.1) is 17.1 Å². The van der Waals surface area contributed by atoms with Crippen LogP contribution in [-0.2, 0) is 19.6 Å². The average molecular weight is 443 g/mol. The van der Waals surface area contributed by atoms with Crippen LogP contribution in [0.15, 0.2) is 53.7 Å². The van der Waals surface area contributed by atoms with Crippen molar-refractivity contribution in [3.8, 4) is 5.69 Å². The molecular weight excluding hydrogens is 422 g/mol. The summed E-state index contributed by atoms with van der Waals surface area (Å²) in [5, 5.41) is 16.3. The van der Waals surface area contributed by atoms with Crippen LogP contribution < -0.4 is 10.6 Å². The van der Waals surface area contributed by atoms with E-state index in [1.54, 1.807) is 18.2 Å². The molecule has 12 heteroatoms. The lowest BCUT2D eigenvalue weighted by molar-refractivity contribution is -0.116. The van der Waals surface area contributed by atoms with Gasteiger partial charge in [-0.15, -0.1) is 5.10 Å². The Bertz CT molecular complexity index is 1190. The van der Waals surface area contributed by atoms with Crippen molar-refractivity contribution in [2.45, 2.75) is 18.7 Å². The first kappa shape index (κ1) is 22.1. The monoisotopic (exact) mass is 443 g/mol. The largest absolute Gasteiger partial charge is 0.326 e.